The van der Waals surface area contributed by atoms with Gasteiger partial charge in [0.15, 0.2) is 0 Å². The first-order valence-corrected chi connectivity index (χ1v) is 8.26. The Hall–Kier alpha value is -1.22. The van der Waals surface area contributed by atoms with Gasteiger partial charge in [0.1, 0.15) is 13.2 Å². The monoisotopic (exact) mass is 309 g/mol. The smallest absolute Gasteiger partial charge is 0.122 e. The van der Waals surface area contributed by atoms with Gasteiger partial charge in [-0.1, -0.05) is 39.8 Å². The summed E-state index contributed by atoms with van der Waals surface area (Å²) >= 11 is 0. The molecule has 0 aliphatic carbocycles. The van der Waals surface area contributed by atoms with Crippen LogP contribution in [0.5, 0.6) is 0 Å². The molecule has 0 aromatic heterocycles. The number of hydrogen-bond acceptors (Lipinski definition) is 3. The number of rotatable bonds is 12. The molecule has 0 heterocycles. The van der Waals surface area contributed by atoms with E-state index < -0.39 is 0 Å². The van der Waals surface area contributed by atoms with E-state index in [1.54, 1.807) is 18.4 Å². The molecule has 1 atom stereocenters. The molecular formula is C19H35NO2. The quantitative estimate of drug-likeness (QED) is 0.294. The number of unbranched alkanes of at least 4 members (excludes halogenated alkanes) is 1. The van der Waals surface area contributed by atoms with Gasteiger partial charge >= 0.3 is 0 Å². The lowest BCUT2D eigenvalue weighted by Crippen LogP contribution is -2.40. The van der Waals surface area contributed by atoms with Crippen LogP contribution in [0.2, 0.25) is 0 Å². The second-order valence-corrected chi connectivity index (χ2v) is 6.37. The van der Waals surface area contributed by atoms with Gasteiger partial charge in [-0.25, -0.2) is 0 Å². The topological polar surface area (TPSA) is 21.7 Å². The van der Waals surface area contributed by atoms with Crippen LogP contribution in [-0.4, -0.2) is 37.7 Å². The SMILES string of the molecule is C=C/C=C/OCCO/C(C)=C/C(C)(C)C(C)N(C)CCCC. The van der Waals surface area contributed by atoms with Gasteiger partial charge in [-0.2, -0.15) is 0 Å². The highest BCUT2D eigenvalue weighted by Crippen LogP contribution is 2.28. The fraction of sp³-hybridized carbons (Fsp3) is 0.684. The van der Waals surface area contributed by atoms with Crippen molar-refractivity contribution in [1.29, 1.82) is 0 Å². The lowest BCUT2D eigenvalue weighted by atomic mass is 9.84. The van der Waals surface area contributed by atoms with Crippen molar-refractivity contribution >= 4 is 0 Å². The summed E-state index contributed by atoms with van der Waals surface area (Å²) in [7, 11) is 2.20. The maximum Gasteiger partial charge on any atom is 0.122 e. The Kier molecular flexibility index (Phi) is 10.7. The molecule has 0 aliphatic rings. The van der Waals surface area contributed by atoms with Crippen LogP contribution >= 0.6 is 0 Å². The minimum atomic E-state index is 0.0656. The number of nitrogens with zero attached hydrogens (tertiary/aromatic N) is 1. The Morgan fingerprint density at radius 3 is 2.59 bits per heavy atom. The van der Waals surface area contributed by atoms with Crippen molar-refractivity contribution in [1.82, 2.24) is 4.90 Å². The molecule has 0 N–H and O–H groups in total. The zero-order valence-electron chi connectivity index (χ0n) is 15.4. The minimum Gasteiger partial charge on any atom is -0.498 e. The van der Waals surface area contributed by atoms with Crippen LogP contribution in [0.4, 0.5) is 0 Å². The molecule has 0 spiro atoms. The molecule has 1 unspecified atom stereocenters. The van der Waals surface area contributed by atoms with Crippen LogP contribution in [0.25, 0.3) is 0 Å². The summed E-state index contributed by atoms with van der Waals surface area (Å²) in [5, 5.41) is 0. The Bertz CT molecular complexity index is 358. The molecule has 0 saturated carbocycles. The standard InChI is InChI=1S/C19H35NO2/c1-8-10-12-20(7)18(4)19(5,6)16-17(3)22-15-14-21-13-11-9-2/h9,11,13,16,18H,2,8,10,12,14-15H2,1,3-7H3/b13-11+,17-16+. The maximum absolute atomic E-state index is 5.73. The van der Waals surface area contributed by atoms with Gasteiger partial charge in [0.05, 0.1) is 12.0 Å². The molecule has 3 nitrogen and oxygen atoms in total. The summed E-state index contributed by atoms with van der Waals surface area (Å²) < 4.78 is 11.0. The van der Waals surface area contributed by atoms with E-state index in [0.717, 1.165) is 12.3 Å². The van der Waals surface area contributed by atoms with E-state index in [1.165, 1.54) is 12.8 Å². The van der Waals surface area contributed by atoms with Gasteiger partial charge in [0.25, 0.3) is 0 Å². The number of allylic oxidation sites excluding steroid dienone is 3. The number of hydrogen-bond donors (Lipinski definition) is 0. The van der Waals surface area contributed by atoms with Crippen molar-refractivity contribution in [2.45, 2.75) is 53.5 Å². The average Bonchev–Trinajstić information content (AvgIpc) is 2.47. The first-order valence-electron chi connectivity index (χ1n) is 8.26. The fourth-order valence-corrected chi connectivity index (χ4v) is 2.29. The molecule has 0 amide bonds. The molecule has 128 valence electrons. The maximum atomic E-state index is 5.73. The third kappa shape index (κ3) is 8.93. The molecule has 22 heavy (non-hydrogen) atoms. The molecule has 0 aliphatic heterocycles. The third-order valence-corrected chi connectivity index (χ3v) is 4.02. The molecule has 0 saturated heterocycles. The van der Waals surface area contributed by atoms with Crippen LogP contribution in [-0.2, 0) is 9.47 Å². The Morgan fingerprint density at radius 1 is 1.32 bits per heavy atom. The Balaban J connectivity index is 4.33. The van der Waals surface area contributed by atoms with Gasteiger partial charge < -0.3 is 14.4 Å². The van der Waals surface area contributed by atoms with E-state index in [9.17, 15) is 0 Å². The highest BCUT2D eigenvalue weighted by molar-refractivity contribution is 5.03. The van der Waals surface area contributed by atoms with Gasteiger partial charge in [-0.3, -0.25) is 0 Å². The van der Waals surface area contributed by atoms with Crippen LogP contribution in [0, 0.1) is 5.41 Å². The number of ether oxygens (including phenoxy) is 2. The zero-order valence-corrected chi connectivity index (χ0v) is 15.4. The van der Waals surface area contributed by atoms with Crippen molar-refractivity contribution < 1.29 is 9.47 Å². The summed E-state index contributed by atoms with van der Waals surface area (Å²) in [6, 6.07) is 0.462. The highest BCUT2D eigenvalue weighted by atomic mass is 16.5. The van der Waals surface area contributed by atoms with Gasteiger partial charge in [-0.15, -0.1) is 0 Å². The Labute approximate surface area is 137 Å². The van der Waals surface area contributed by atoms with Crippen LogP contribution in [0.3, 0.4) is 0 Å². The molecule has 0 aromatic carbocycles. The molecule has 0 rings (SSSR count). The minimum absolute atomic E-state index is 0.0656. The third-order valence-electron chi connectivity index (χ3n) is 4.02. The second-order valence-electron chi connectivity index (χ2n) is 6.37. The largest absolute Gasteiger partial charge is 0.498 e. The lowest BCUT2D eigenvalue weighted by Gasteiger charge is -2.36. The van der Waals surface area contributed by atoms with Crippen molar-refractivity contribution in [3.8, 4) is 0 Å². The highest BCUT2D eigenvalue weighted by Gasteiger charge is 2.27. The molecule has 0 bridgehead atoms. The summed E-state index contributed by atoms with van der Waals surface area (Å²) in [4.78, 5) is 2.43. The molecular weight excluding hydrogens is 274 g/mol. The summed E-state index contributed by atoms with van der Waals surface area (Å²) in [6.07, 6.45) is 9.77. The molecule has 3 heteroatoms. The van der Waals surface area contributed by atoms with E-state index >= 15 is 0 Å². The van der Waals surface area contributed by atoms with E-state index in [1.807, 2.05) is 6.92 Å². The normalized spacial score (nSPS) is 14.4. The first kappa shape index (κ1) is 20.8. The molecule has 0 radical (unpaired) electrons. The van der Waals surface area contributed by atoms with Crippen molar-refractivity contribution in [2.75, 3.05) is 26.8 Å². The van der Waals surface area contributed by atoms with E-state index in [0.29, 0.717) is 19.3 Å². The lowest BCUT2D eigenvalue weighted by molar-refractivity contribution is 0.122. The first-order chi connectivity index (χ1) is 10.3. The van der Waals surface area contributed by atoms with E-state index in [4.69, 9.17) is 9.47 Å². The van der Waals surface area contributed by atoms with Gasteiger partial charge in [0.2, 0.25) is 0 Å². The van der Waals surface area contributed by atoms with E-state index in [-0.39, 0.29) is 5.41 Å². The van der Waals surface area contributed by atoms with Gasteiger partial charge in [0, 0.05) is 11.5 Å². The van der Waals surface area contributed by atoms with Crippen LogP contribution < -0.4 is 0 Å². The predicted octanol–water partition coefficient (Wildman–Crippen LogP) is 4.77. The predicted molar refractivity (Wildman–Crippen MR) is 95.8 cm³/mol. The van der Waals surface area contributed by atoms with Crippen LogP contribution in [0.1, 0.15) is 47.5 Å². The summed E-state index contributed by atoms with van der Waals surface area (Å²) in [6.45, 7) is 16.9. The summed E-state index contributed by atoms with van der Waals surface area (Å²) in [5.41, 5.74) is 0.0656. The van der Waals surface area contributed by atoms with Crippen LogP contribution in [0.15, 0.2) is 36.8 Å². The van der Waals surface area contributed by atoms with E-state index in [2.05, 4.69) is 52.3 Å². The molecule has 0 fully saturated rings. The average molecular weight is 309 g/mol. The van der Waals surface area contributed by atoms with Gasteiger partial charge in [-0.05, 0) is 46.0 Å². The van der Waals surface area contributed by atoms with Crippen molar-refractivity contribution in [2.24, 2.45) is 5.41 Å². The Morgan fingerprint density at radius 2 is 2.00 bits per heavy atom. The molecule has 0 aromatic rings. The summed E-state index contributed by atoms with van der Waals surface area (Å²) in [5.74, 6) is 0.956. The van der Waals surface area contributed by atoms with Crippen molar-refractivity contribution in [3.63, 3.8) is 0 Å². The zero-order chi connectivity index (χ0) is 17.0. The van der Waals surface area contributed by atoms with Crippen molar-refractivity contribution in [3.05, 3.63) is 36.8 Å². The fourth-order valence-electron chi connectivity index (χ4n) is 2.29. The second kappa shape index (κ2) is 11.4.